The number of carbonyl (C=O) groups is 1. The summed E-state index contributed by atoms with van der Waals surface area (Å²) in [7, 11) is 1.62. The lowest BCUT2D eigenvalue weighted by atomic mass is 10.0. The molecule has 0 aliphatic carbocycles. The second kappa shape index (κ2) is 8.60. The molecule has 2 heterocycles. The monoisotopic (exact) mass is 414 g/mol. The van der Waals surface area contributed by atoms with E-state index in [0.29, 0.717) is 12.8 Å². The molecule has 4 aromatic rings. The fourth-order valence-electron chi connectivity index (χ4n) is 3.91. The molecule has 1 N–H and O–H groups in total. The van der Waals surface area contributed by atoms with Crippen LogP contribution in [0, 0.1) is 20.8 Å². The van der Waals surface area contributed by atoms with Gasteiger partial charge in [0.2, 0.25) is 5.91 Å². The predicted molar refractivity (Wildman–Crippen MR) is 123 cm³/mol. The molecule has 0 aliphatic heterocycles. The third-order valence-corrected chi connectivity index (χ3v) is 5.54. The molecule has 2 aromatic heterocycles. The van der Waals surface area contributed by atoms with Crippen LogP contribution in [0.2, 0.25) is 0 Å². The van der Waals surface area contributed by atoms with E-state index in [1.165, 1.54) is 0 Å². The number of hydrogen-bond donors (Lipinski definition) is 1. The average molecular weight is 415 g/mol. The first-order valence-corrected chi connectivity index (χ1v) is 10.3. The average Bonchev–Trinajstić information content (AvgIpc) is 3.10. The summed E-state index contributed by atoms with van der Waals surface area (Å²) in [6, 6.07) is 17.5. The van der Waals surface area contributed by atoms with Gasteiger partial charge in [-0.1, -0.05) is 30.3 Å². The highest BCUT2D eigenvalue weighted by Crippen LogP contribution is 2.29. The van der Waals surface area contributed by atoms with Gasteiger partial charge in [-0.15, -0.1) is 0 Å². The zero-order valence-electron chi connectivity index (χ0n) is 18.3. The van der Waals surface area contributed by atoms with Gasteiger partial charge in [0.25, 0.3) is 0 Å². The van der Waals surface area contributed by atoms with Gasteiger partial charge < -0.3 is 10.1 Å². The second-order valence-corrected chi connectivity index (χ2v) is 7.60. The van der Waals surface area contributed by atoms with Gasteiger partial charge in [0.05, 0.1) is 12.8 Å². The molecular weight excluding hydrogens is 388 g/mol. The van der Waals surface area contributed by atoms with Crippen molar-refractivity contribution in [2.24, 2.45) is 0 Å². The largest absolute Gasteiger partial charge is 0.497 e. The number of methoxy groups -OCH3 is 1. The fourth-order valence-corrected chi connectivity index (χ4v) is 3.91. The molecule has 6 heteroatoms. The van der Waals surface area contributed by atoms with Crippen LogP contribution in [0.25, 0.3) is 16.8 Å². The number of ether oxygens (including phenoxy) is 1. The number of anilines is 1. The number of aryl methyl sites for hydroxylation is 3. The SMILES string of the molecule is COc1ccc(NC(=O)CCc2c(C)nc3c(-c4ccccc4)c(C)nn3c2C)cc1. The molecule has 6 nitrogen and oxygen atoms in total. The van der Waals surface area contributed by atoms with Crippen molar-refractivity contribution >= 4 is 17.2 Å². The van der Waals surface area contributed by atoms with Crippen molar-refractivity contribution < 1.29 is 9.53 Å². The van der Waals surface area contributed by atoms with Crippen molar-refractivity contribution in [3.63, 3.8) is 0 Å². The molecule has 0 bridgehead atoms. The molecule has 0 spiro atoms. The number of carbonyl (C=O) groups excluding carboxylic acids is 1. The number of fused-ring (bicyclic) bond motifs is 1. The number of nitrogens with zero attached hydrogens (tertiary/aromatic N) is 3. The quantitative estimate of drug-likeness (QED) is 0.487. The van der Waals surface area contributed by atoms with Crippen molar-refractivity contribution in [2.45, 2.75) is 33.6 Å². The Hall–Kier alpha value is -3.67. The number of amides is 1. The van der Waals surface area contributed by atoms with E-state index >= 15 is 0 Å². The first kappa shape index (κ1) is 20.6. The molecule has 0 aliphatic rings. The maximum Gasteiger partial charge on any atom is 0.224 e. The Labute approximate surface area is 181 Å². The van der Waals surface area contributed by atoms with Crippen LogP contribution in [-0.2, 0) is 11.2 Å². The van der Waals surface area contributed by atoms with E-state index in [0.717, 1.165) is 50.9 Å². The lowest BCUT2D eigenvalue weighted by molar-refractivity contribution is -0.116. The van der Waals surface area contributed by atoms with Gasteiger partial charge >= 0.3 is 0 Å². The van der Waals surface area contributed by atoms with Crippen molar-refractivity contribution in [3.8, 4) is 16.9 Å². The highest BCUT2D eigenvalue weighted by atomic mass is 16.5. The first-order valence-electron chi connectivity index (χ1n) is 10.3. The molecule has 0 saturated carbocycles. The topological polar surface area (TPSA) is 68.5 Å². The minimum Gasteiger partial charge on any atom is -0.497 e. The number of nitrogens with one attached hydrogen (secondary N) is 1. The molecule has 0 unspecified atom stereocenters. The van der Waals surface area contributed by atoms with Crippen LogP contribution in [0.4, 0.5) is 5.69 Å². The number of benzene rings is 2. The van der Waals surface area contributed by atoms with E-state index in [1.807, 2.05) is 67.8 Å². The third-order valence-electron chi connectivity index (χ3n) is 5.54. The van der Waals surface area contributed by atoms with Crippen LogP contribution in [0.5, 0.6) is 5.75 Å². The molecule has 31 heavy (non-hydrogen) atoms. The van der Waals surface area contributed by atoms with E-state index in [-0.39, 0.29) is 5.91 Å². The molecule has 1 amide bonds. The maximum absolute atomic E-state index is 12.5. The summed E-state index contributed by atoms with van der Waals surface area (Å²) in [5.41, 5.74) is 7.70. The molecule has 0 radical (unpaired) electrons. The maximum atomic E-state index is 12.5. The summed E-state index contributed by atoms with van der Waals surface area (Å²) >= 11 is 0. The highest BCUT2D eigenvalue weighted by Gasteiger charge is 2.18. The minimum absolute atomic E-state index is 0.0364. The van der Waals surface area contributed by atoms with Gasteiger partial charge in [-0.3, -0.25) is 4.79 Å². The Balaban J connectivity index is 1.56. The Morgan fingerprint density at radius 2 is 1.71 bits per heavy atom. The number of rotatable bonds is 6. The van der Waals surface area contributed by atoms with Crippen LogP contribution >= 0.6 is 0 Å². The van der Waals surface area contributed by atoms with E-state index < -0.39 is 0 Å². The summed E-state index contributed by atoms with van der Waals surface area (Å²) in [6.07, 6.45) is 0.967. The van der Waals surface area contributed by atoms with E-state index in [2.05, 4.69) is 17.4 Å². The van der Waals surface area contributed by atoms with Gasteiger partial charge in [0.15, 0.2) is 5.65 Å². The standard InChI is InChI=1S/C25H26N4O2/c1-16-22(14-15-23(30)27-20-10-12-21(31-4)13-11-20)18(3)29-25(26-16)24(17(2)28-29)19-8-6-5-7-9-19/h5-13H,14-15H2,1-4H3,(H,27,30). The normalized spacial score (nSPS) is 11.0. The molecule has 158 valence electrons. The van der Waals surface area contributed by atoms with Crippen LogP contribution < -0.4 is 10.1 Å². The second-order valence-electron chi connectivity index (χ2n) is 7.60. The van der Waals surface area contributed by atoms with Crippen LogP contribution in [0.3, 0.4) is 0 Å². The summed E-state index contributed by atoms with van der Waals surface area (Å²) in [5, 5.41) is 7.68. The Morgan fingerprint density at radius 1 is 1.00 bits per heavy atom. The van der Waals surface area contributed by atoms with E-state index in [4.69, 9.17) is 14.8 Å². The zero-order chi connectivity index (χ0) is 22.0. The summed E-state index contributed by atoms with van der Waals surface area (Å²) in [5.74, 6) is 0.721. The summed E-state index contributed by atoms with van der Waals surface area (Å²) in [6.45, 7) is 6.05. The number of hydrogen-bond acceptors (Lipinski definition) is 4. The van der Waals surface area contributed by atoms with Crippen molar-refractivity contribution in [1.82, 2.24) is 14.6 Å². The minimum atomic E-state index is -0.0364. The predicted octanol–water partition coefficient (Wildman–Crippen LogP) is 4.90. The molecule has 0 saturated heterocycles. The third kappa shape index (κ3) is 4.14. The molecular formula is C25H26N4O2. The molecule has 2 aromatic carbocycles. The van der Waals surface area contributed by atoms with Gasteiger partial charge in [0.1, 0.15) is 5.75 Å². The van der Waals surface area contributed by atoms with Gasteiger partial charge in [-0.2, -0.15) is 5.10 Å². The van der Waals surface area contributed by atoms with E-state index in [1.54, 1.807) is 7.11 Å². The fraction of sp³-hybridized carbons (Fsp3) is 0.240. The lowest BCUT2D eigenvalue weighted by Crippen LogP contribution is -2.14. The Bertz CT molecular complexity index is 1230. The Kier molecular flexibility index (Phi) is 5.71. The van der Waals surface area contributed by atoms with Crippen LogP contribution in [-0.4, -0.2) is 27.6 Å². The Morgan fingerprint density at radius 3 is 2.39 bits per heavy atom. The number of aromatic nitrogens is 3. The van der Waals surface area contributed by atoms with Gasteiger partial charge in [0, 0.05) is 29.1 Å². The molecule has 0 atom stereocenters. The molecule has 4 rings (SSSR count). The zero-order valence-corrected chi connectivity index (χ0v) is 18.3. The smallest absolute Gasteiger partial charge is 0.224 e. The van der Waals surface area contributed by atoms with Crippen LogP contribution in [0.1, 0.15) is 29.1 Å². The highest BCUT2D eigenvalue weighted by molar-refractivity contribution is 5.91. The van der Waals surface area contributed by atoms with E-state index in [9.17, 15) is 4.79 Å². The van der Waals surface area contributed by atoms with Crippen molar-refractivity contribution in [3.05, 3.63) is 77.2 Å². The van der Waals surface area contributed by atoms with Crippen molar-refractivity contribution in [1.29, 1.82) is 0 Å². The van der Waals surface area contributed by atoms with Crippen molar-refractivity contribution in [2.75, 3.05) is 12.4 Å². The summed E-state index contributed by atoms with van der Waals surface area (Å²) in [4.78, 5) is 17.4. The molecule has 0 fully saturated rings. The first-order chi connectivity index (χ1) is 15.0. The van der Waals surface area contributed by atoms with Crippen LogP contribution in [0.15, 0.2) is 54.6 Å². The van der Waals surface area contributed by atoms with Gasteiger partial charge in [-0.25, -0.2) is 9.50 Å². The summed E-state index contributed by atoms with van der Waals surface area (Å²) < 4.78 is 7.06. The lowest BCUT2D eigenvalue weighted by Gasteiger charge is -2.12. The van der Waals surface area contributed by atoms with Gasteiger partial charge in [-0.05, 0) is 62.6 Å².